The molecule has 2 aromatic heterocycles. The summed E-state index contributed by atoms with van der Waals surface area (Å²) in [7, 11) is 1.81. The fourth-order valence-corrected chi connectivity index (χ4v) is 3.12. The molecule has 2 N–H and O–H groups in total. The molecule has 1 amide bonds. The number of carbonyl (C=O) groups excluding carboxylic acids is 1. The van der Waals surface area contributed by atoms with Crippen molar-refractivity contribution in [1.29, 1.82) is 0 Å². The average Bonchev–Trinajstić information content (AvgIpc) is 2.90. The predicted octanol–water partition coefficient (Wildman–Crippen LogP) is 3.25. The molecule has 0 fully saturated rings. The number of imidazole rings is 1. The number of amides is 1. The van der Waals surface area contributed by atoms with Gasteiger partial charge < -0.3 is 9.55 Å². The van der Waals surface area contributed by atoms with Crippen molar-refractivity contribution >= 4 is 45.4 Å². The summed E-state index contributed by atoms with van der Waals surface area (Å²) in [6, 6.07) is 14.5. The topological polar surface area (TPSA) is 79.8 Å². The fraction of sp³-hybridized carbons (Fsp3) is 0.105. The SMILES string of the molecule is Cn1c(NC(=O)Cc2cc3ccccc3[nH]c2=O)nc2cc(Cl)ccc21. The van der Waals surface area contributed by atoms with E-state index in [-0.39, 0.29) is 17.9 Å². The van der Waals surface area contributed by atoms with Gasteiger partial charge in [0.15, 0.2) is 0 Å². The lowest BCUT2D eigenvalue weighted by Crippen LogP contribution is -2.22. The first-order valence-electron chi connectivity index (χ1n) is 8.04. The van der Waals surface area contributed by atoms with E-state index in [0.717, 1.165) is 16.4 Å². The van der Waals surface area contributed by atoms with E-state index in [2.05, 4.69) is 15.3 Å². The molecule has 0 radical (unpaired) electrons. The molecule has 0 aliphatic heterocycles. The summed E-state index contributed by atoms with van der Waals surface area (Å²) in [6.45, 7) is 0. The normalized spacial score (nSPS) is 11.2. The number of aromatic nitrogens is 3. The second kappa shape index (κ2) is 6.31. The van der Waals surface area contributed by atoms with Gasteiger partial charge in [0, 0.05) is 23.2 Å². The van der Waals surface area contributed by atoms with Crippen LogP contribution >= 0.6 is 11.6 Å². The molecule has 0 saturated heterocycles. The Labute approximate surface area is 153 Å². The van der Waals surface area contributed by atoms with E-state index in [9.17, 15) is 9.59 Å². The molecule has 4 aromatic rings. The summed E-state index contributed by atoms with van der Waals surface area (Å²) in [5.74, 6) is 0.0970. The van der Waals surface area contributed by atoms with Gasteiger partial charge in [0.1, 0.15) is 0 Å². The minimum atomic E-state index is -0.310. The molecular weight excluding hydrogens is 352 g/mol. The van der Waals surface area contributed by atoms with Crippen molar-refractivity contribution in [3.63, 3.8) is 0 Å². The van der Waals surface area contributed by atoms with Gasteiger partial charge in [-0.1, -0.05) is 29.8 Å². The summed E-state index contributed by atoms with van der Waals surface area (Å²) >= 11 is 5.98. The number of carbonyl (C=O) groups is 1. The summed E-state index contributed by atoms with van der Waals surface area (Å²) < 4.78 is 1.77. The maximum atomic E-state index is 12.4. The van der Waals surface area contributed by atoms with Gasteiger partial charge in [0.25, 0.3) is 5.56 Å². The number of nitrogens with one attached hydrogen (secondary N) is 2. The van der Waals surface area contributed by atoms with Gasteiger partial charge in [-0.25, -0.2) is 4.98 Å². The van der Waals surface area contributed by atoms with Crippen LogP contribution in [0.2, 0.25) is 5.02 Å². The van der Waals surface area contributed by atoms with Crippen LogP contribution in [0.3, 0.4) is 0 Å². The van der Waals surface area contributed by atoms with Gasteiger partial charge in [-0.2, -0.15) is 0 Å². The molecule has 2 heterocycles. The summed E-state index contributed by atoms with van der Waals surface area (Å²) in [5.41, 5.74) is 2.43. The average molecular weight is 367 g/mol. The van der Waals surface area contributed by atoms with Gasteiger partial charge in [-0.15, -0.1) is 0 Å². The highest BCUT2D eigenvalue weighted by Gasteiger charge is 2.13. The largest absolute Gasteiger partial charge is 0.322 e. The molecule has 2 aromatic carbocycles. The molecule has 0 aliphatic rings. The van der Waals surface area contributed by atoms with Gasteiger partial charge in [-0.3, -0.25) is 14.9 Å². The Bertz CT molecular complexity index is 1210. The molecule has 0 unspecified atom stereocenters. The number of aryl methyl sites for hydroxylation is 1. The van der Waals surface area contributed by atoms with E-state index >= 15 is 0 Å². The van der Waals surface area contributed by atoms with Gasteiger partial charge in [-0.05, 0) is 35.7 Å². The number of aromatic amines is 1. The summed E-state index contributed by atoms with van der Waals surface area (Å²) in [6.07, 6.45) is -0.0376. The number of pyridine rings is 1. The highest BCUT2D eigenvalue weighted by molar-refractivity contribution is 6.31. The monoisotopic (exact) mass is 366 g/mol. The van der Waals surface area contributed by atoms with E-state index in [0.29, 0.717) is 22.1 Å². The first kappa shape index (κ1) is 16.4. The number of anilines is 1. The van der Waals surface area contributed by atoms with Gasteiger partial charge in [0.05, 0.1) is 17.5 Å². The number of hydrogen-bond acceptors (Lipinski definition) is 3. The van der Waals surface area contributed by atoms with Gasteiger partial charge >= 0.3 is 0 Å². The zero-order valence-electron chi connectivity index (χ0n) is 13.9. The number of fused-ring (bicyclic) bond motifs is 2. The molecule has 130 valence electrons. The molecule has 0 aliphatic carbocycles. The molecule has 4 rings (SSSR count). The van der Waals surface area contributed by atoms with Crippen molar-refractivity contribution in [2.24, 2.45) is 7.05 Å². The van der Waals surface area contributed by atoms with E-state index in [1.54, 1.807) is 22.8 Å². The molecule has 0 saturated carbocycles. The minimum absolute atomic E-state index is 0.0376. The van der Waals surface area contributed by atoms with Crippen LogP contribution in [0, 0.1) is 0 Å². The van der Waals surface area contributed by atoms with Gasteiger partial charge in [0.2, 0.25) is 11.9 Å². The number of benzene rings is 2. The van der Waals surface area contributed by atoms with Crippen molar-refractivity contribution in [3.8, 4) is 0 Å². The second-order valence-electron chi connectivity index (χ2n) is 6.06. The van der Waals surface area contributed by atoms with E-state index in [1.165, 1.54) is 0 Å². The van der Waals surface area contributed by atoms with Crippen molar-refractivity contribution < 1.29 is 4.79 Å². The van der Waals surface area contributed by atoms with Crippen LogP contribution in [-0.4, -0.2) is 20.4 Å². The summed E-state index contributed by atoms with van der Waals surface area (Å²) in [5, 5.41) is 4.22. The highest BCUT2D eigenvalue weighted by atomic mass is 35.5. The van der Waals surface area contributed by atoms with E-state index in [4.69, 9.17) is 11.6 Å². The Morgan fingerprint density at radius 1 is 1.23 bits per heavy atom. The van der Waals surface area contributed by atoms with Crippen LogP contribution in [-0.2, 0) is 18.3 Å². The van der Waals surface area contributed by atoms with Crippen molar-refractivity contribution in [2.75, 3.05) is 5.32 Å². The van der Waals surface area contributed by atoms with Crippen molar-refractivity contribution in [2.45, 2.75) is 6.42 Å². The lowest BCUT2D eigenvalue weighted by atomic mass is 10.1. The number of para-hydroxylation sites is 1. The highest BCUT2D eigenvalue weighted by Crippen LogP contribution is 2.22. The molecule has 26 heavy (non-hydrogen) atoms. The Kier molecular flexibility index (Phi) is 3.97. The summed E-state index contributed by atoms with van der Waals surface area (Å²) in [4.78, 5) is 31.8. The quantitative estimate of drug-likeness (QED) is 0.584. The fourth-order valence-electron chi connectivity index (χ4n) is 2.95. The lowest BCUT2D eigenvalue weighted by molar-refractivity contribution is -0.115. The van der Waals surface area contributed by atoms with Crippen LogP contribution in [0.4, 0.5) is 5.95 Å². The van der Waals surface area contributed by atoms with Crippen molar-refractivity contribution in [1.82, 2.24) is 14.5 Å². The zero-order chi connectivity index (χ0) is 18.3. The number of halogens is 1. The molecule has 7 heteroatoms. The van der Waals surface area contributed by atoms with Crippen LogP contribution in [0.25, 0.3) is 21.9 Å². The number of nitrogens with zero attached hydrogens (tertiary/aromatic N) is 2. The maximum absolute atomic E-state index is 12.4. The standard InChI is InChI=1S/C19H15ClN4O2/c1-24-16-7-6-13(20)10-15(16)22-19(24)23-17(25)9-12-8-11-4-2-3-5-14(11)21-18(12)26/h2-8,10H,9H2,1H3,(H,21,26)(H,22,23,25). The Morgan fingerprint density at radius 3 is 2.88 bits per heavy atom. The second-order valence-corrected chi connectivity index (χ2v) is 6.50. The molecule has 0 bridgehead atoms. The number of rotatable bonds is 3. The third-order valence-electron chi connectivity index (χ3n) is 4.28. The van der Waals surface area contributed by atoms with E-state index < -0.39 is 0 Å². The Morgan fingerprint density at radius 2 is 2.04 bits per heavy atom. The molecule has 0 spiro atoms. The Hall–Kier alpha value is -3.12. The van der Waals surface area contributed by atoms with Crippen LogP contribution in [0.5, 0.6) is 0 Å². The Balaban J connectivity index is 1.60. The van der Waals surface area contributed by atoms with Crippen LogP contribution in [0.1, 0.15) is 5.56 Å². The molecule has 0 atom stereocenters. The first-order valence-corrected chi connectivity index (χ1v) is 8.42. The number of H-pyrrole nitrogens is 1. The predicted molar refractivity (Wildman–Crippen MR) is 103 cm³/mol. The molecular formula is C19H15ClN4O2. The number of hydrogen-bond donors (Lipinski definition) is 2. The smallest absolute Gasteiger partial charge is 0.252 e. The minimum Gasteiger partial charge on any atom is -0.322 e. The van der Waals surface area contributed by atoms with Crippen LogP contribution < -0.4 is 10.9 Å². The van der Waals surface area contributed by atoms with Crippen LogP contribution in [0.15, 0.2) is 53.3 Å². The first-order chi connectivity index (χ1) is 12.5. The lowest BCUT2D eigenvalue weighted by Gasteiger charge is -2.06. The third kappa shape index (κ3) is 2.95. The molecule has 6 nitrogen and oxygen atoms in total. The van der Waals surface area contributed by atoms with E-state index in [1.807, 2.05) is 37.4 Å². The maximum Gasteiger partial charge on any atom is 0.252 e. The third-order valence-corrected chi connectivity index (χ3v) is 4.51. The van der Waals surface area contributed by atoms with Crippen molar-refractivity contribution in [3.05, 3.63) is 69.5 Å². The zero-order valence-corrected chi connectivity index (χ0v) is 14.7.